The molecule has 5 heteroatoms. The van der Waals surface area contributed by atoms with Crippen LogP contribution in [0.15, 0.2) is 0 Å². The first-order chi connectivity index (χ1) is 8.33. The molecule has 0 aromatic carbocycles. The summed E-state index contributed by atoms with van der Waals surface area (Å²) < 4.78 is 0. The first kappa shape index (κ1) is 17.9. The fourth-order valence-corrected chi connectivity index (χ4v) is 1.81. The maximum absolute atomic E-state index is 12.0. The first-order valence-electron chi connectivity index (χ1n) is 6.60. The number of aliphatic carboxylic acids is 1. The summed E-state index contributed by atoms with van der Waals surface area (Å²) in [6.07, 6.45) is 0.516. The second-order valence-corrected chi connectivity index (χ2v) is 7.41. The summed E-state index contributed by atoms with van der Waals surface area (Å²) in [5.74, 6) is -1.21. The minimum Gasteiger partial charge on any atom is -0.481 e. The molecule has 1 amide bonds. The van der Waals surface area contributed by atoms with Crippen molar-refractivity contribution >= 4 is 11.9 Å². The molecule has 0 fully saturated rings. The molecule has 0 aliphatic heterocycles. The lowest BCUT2D eigenvalue weighted by Crippen LogP contribution is -2.52. The number of carboxylic acid groups (broad SMARTS) is 1. The van der Waals surface area contributed by atoms with Crippen molar-refractivity contribution in [2.45, 2.75) is 66.5 Å². The fourth-order valence-electron chi connectivity index (χ4n) is 1.81. The zero-order valence-corrected chi connectivity index (χ0v) is 12.9. The van der Waals surface area contributed by atoms with E-state index in [0.29, 0.717) is 6.42 Å². The quantitative estimate of drug-likeness (QED) is 0.711. The van der Waals surface area contributed by atoms with Crippen molar-refractivity contribution < 1.29 is 14.7 Å². The lowest BCUT2D eigenvalue weighted by atomic mass is 9.85. The van der Waals surface area contributed by atoms with Crippen LogP contribution >= 0.6 is 0 Å². The number of carbonyl (C=O) groups excluding carboxylic acids is 1. The Hall–Kier alpha value is -1.10. The Morgan fingerprint density at radius 2 is 1.63 bits per heavy atom. The zero-order valence-electron chi connectivity index (χ0n) is 12.9. The van der Waals surface area contributed by atoms with Gasteiger partial charge in [0, 0.05) is 6.04 Å². The van der Waals surface area contributed by atoms with Crippen molar-refractivity contribution in [1.82, 2.24) is 5.32 Å². The molecule has 0 saturated carbocycles. The Bertz CT molecular complexity index is 327. The van der Waals surface area contributed by atoms with Crippen molar-refractivity contribution in [3.05, 3.63) is 0 Å². The van der Waals surface area contributed by atoms with Gasteiger partial charge in [-0.1, -0.05) is 41.5 Å². The lowest BCUT2D eigenvalue weighted by molar-refractivity contribution is -0.138. The highest BCUT2D eigenvalue weighted by Crippen LogP contribution is 2.23. The van der Waals surface area contributed by atoms with Crippen LogP contribution in [0.3, 0.4) is 0 Å². The van der Waals surface area contributed by atoms with Gasteiger partial charge in [0.1, 0.15) is 0 Å². The molecule has 0 spiro atoms. The Labute approximate surface area is 115 Å². The second kappa shape index (κ2) is 6.37. The van der Waals surface area contributed by atoms with Gasteiger partial charge in [0.05, 0.1) is 12.5 Å². The van der Waals surface area contributed by atoms with E-state index in [4.69, 9.17) is 10.8 Å². The SMILES string of the molecule is CC(C)(C)CC(CC(=O)O)NC(=O)[C@@H](N)C(C)(C)C. The molecule has 0 aliphatic carbocycles. The minimum absolute atomic E-state index is 0.0563. The van der Waals surface area contributed by atoms with E-state index in [-0.39, 0.29) is 23.2 Å². The molecule has 0 heterocycles. The van der Waals surface area contributed by atoms with E-state index in [0.717, 1.165) is 0 Å². The lowest BCUT2D eigenvalue weighted by Gasteiger charge is -2.30. The van der Waals surface area contributed by atoms with Crippen molar-refractivity contribution in [3.8, 4) is 0 Å². The number of rotatable bonds is 5. The van der Waals surface area contributed by atoms with E-state index in [2.05, 4.69) is 5.32 Å². The summed E-state index contributed by atoms with van der Waals surface area (Å²) in [5.41, 5.74) is 5.47. The van der Waals surface area contributed by atoms with Crippen LogP contribution in [0.2, 0.25) is 0 Å². The van der Waals surface area contributed by atoms with Crippen LogP contribution in [0.25, 0.3) is 0 Å². The maximum atomic E-state index is 12.0. The highest BCUT2D eigenvalue weighted by molar-refractivity contribution is 5.83. The van der Waals surface area contributed by atoms with E-state index in [1.807, 2.05) is 41.5 Å². The molecule has 1 unspecified atom stereocenters. The van der Waals surface area contributed by atoms with E-state index in [1.165, 1.54) is 0 Å². The molecule has 19 heavy (non-hydrogen) atoms. The molecular weight excluding hydrogens is 244 g/mol. The van der Waals surface area contributed by atoms with Gasteiger partial charge in [0.25, 0.3) is 0 Å². The third-order valence-corrected chi connectivity index (χ3v) is 2.84. The van der Waals surface area contributed by atoms with E-state index in [1.54, 1.807) is 0 Å². The second-order valence-electron chi connectivity index (χ2n) is 7.41. The summed E-state index contributed by atoms with van der Waals surface area (Å²) in [7, 11) is 0. The van der Waals surface area contributed by atoms with Crippen molar-refractivity contribution in [2.75, 3.05) is 0 Å². The van der Waals surface area contributed by atoms with Crippen molar-refractivity contribution in [1.29, 1.82) is 0 Å². The van der Waals surface area contributed by atoms with Crippen molar-refractivity contribution in [2.24, 2.45) is 16.6 Å². The fraction of sp³-hybridized carbons (Fsp3) is 0.857. The van der Waals surface area contributed by atoms with Gasteiger partial charge in [0.2, 0.25) is 5.91 Å². The smallest absolute Gasteiger partial charge is 0.305 e. The van der Waals surface area contributed by atoms with Gasteiger partial charge < -0.3 is 16.2 Å². The van der Waals surface area contributed by atoms with E-state index < -0.39 is 18.1 Å². The monoisotopic (exact) mass is 272 g/mol. The Balaban J connectivity index is 4.73. The molecule has 0 saturated heterocycles. The Morgan fingerprint density at radius 1 is 1.16 bits per heavy atom. The third-order valence-electron chi connectivity index (χ3n) is 2.84. The van der Waals surface area contributed by atoms with Crippen molar-refractivity contribution in [3.63, 3.8) is 0 Å². The van der Waals surface area contributed by atoms with Gasteiger partial charge in [-0.25, -0.2) is 0 Å². The molecule has 0 rings (SSSR count). The normalized spacial score (nSPS) is 15.7. The minimum atomic E-state index is -0.918. The van der Waals surface area contributed by atoms with E-state index in [9.17, 15) is 9.59 Å². The number of nitrogens with two attached hydrogens (primary N) is 1. The van der Waals surface area contributed by atoms with E-state index >= 15 is 0 Å². The van der Waals surface area contributed by atoms with Gasteiger partial charge in [-0.05, 0) is 17.3 Å². The summed E-state index contributed by atoms with van der Waals surface area (Å²) in [5, 5.41) is 11.7. The van der Waals surface area contributed by atoms with Gasteiger partial charge in [-0.15, -0.1) is 0 Å². The third kappa shape index (κ3) is 7.82. The molecule has 4 N–H and O–H groups in total. The summed E-state index contributed by atoms with van der Waals surface area (Å²) in [4.78, 5) is 22.9. The first-order valence-corrected chi connectivity index (χ1v) is 6.60. The summed E-state index contributed by atoms with van der Waals surface area (Å²) in [6.45, 7) is 11.7. The van der Waals surface area contributed by atoms with Gasteiger partial charge >= 0.3 is 5.97 Å². The number of amides is 1. The highest BCUT2D eigenvalue weighted by Gasteiger charge is 2.30. The number of carbonyl (C=O) groups is 2. The largest absolute Gasteiger partial charge is 0.481 e. The van der Waals surface area contributed by atoms with Crippen LogP contribution in [0.5, 0.6) is 0 Å². The zero-order chi connectivity index (χ0) is 15.4. The maximum Gasteiger partial charge on any atom is 0.305 e. The average Bonchev–Trinajstić information content (AvgIpc) is 2.10. The molecule has 2 atom stereocenters. The number of nitrogens with one attached hydrogen (secondary N) is 1. The molecule has 5 nitrogen and oxygen atoms in total. The molecule has 0 aliphatic rings. The van der Waals surface area contributed by atoms with Crippen LogP contribution in [0.1, 0.15) is 54.4 Å². The van der Waals surface area contributed by atoms with Crippen LogP contribution in [0.4, 0.5) is 0 Å². The number of hydrogen-bond acceptors (Lipinski definition) is 3. The number of carboxylic acids is 1. The van der Waals surface area contributed by atoms with Crippen LogP contribution in [0, 0.1) is 10.8 Å². The predicted molar refractivity (Wildman–Crippen MR) is 75.7 cm³/mol. The predicted octanol–water partition coefficient (Wildman–Crippen LogP) is 1.76. The molecule has 0 radical (unpaired) electrons. The van der Waals surface area contributed by atoms with Gasteiger partial charge in [-0.3, -0.25) is 9.59 Å². The van der Waals surface area contributed by atoms with Crippen LogP contribution in [-0.2, 0) is 9.59 Å². The molecular formula is C14H28N2O3. The number of hydrogen-bond donors (Lipinski definition) is 3. The molecule has 0 aromatic rings. The summed E-state index contributed by atoms with van der Waals surface area (Å²) >= 11 is 0. The topological polar surface area (TPSA) is 92.4 Å². The highest BCUT2D eigenvalue weighted by atomic mass is 16.4. The summed E-state index contributed by atoms with van der Waals surface area (Å²) in [6, 6.07) is -1.04. The Kier molecular flexibility index (Phi) is 6.00. The molecule has 112 valence electrons. The standard InChI is InChI=1S/C14H28N2O3/c1-13(2,3)8-9(7-10(17)18)16-12(19)11(15)14(4,5)6/h9,11H,7-8,15H2,1-6H3,(H,16,19)(H,17,18)/t9?,11-/m1/s1. The Morgan fingerprint density at radius 3 is 1.95 bits per heavy atom. The van der Waals surface area contributed by atoms with Crippen LogP contribution in [-0.4, -0.2) is 29.1 Å². The van der Waals surface area contributed by atoms with Crippen LogP contribution < -0.4 is 11.1 Å². The molecule has 0 aromatic heterocycles. The van der Waals surface area contributed by atoms with Gasteiger partial charge in [0.15, 0.2) is 0 Å². The average molecular weight is 272 g/mol. The molecule has 0 bridgehead atoms. The van der Waals surface area contributed by atoms with Gasteiger partial charge in [-0.2, -0.15) is 0 Å².